The molecule has 0 saturated heterocycles. The molecular weight excluding hydrogens is 328 g/mol. The number of ketones is 1. The predicted molar refractivity (Wildman–Crippen MR) is 101 cm³/mol. The van der Waals surface area contributed by atoms with Crippen LogP contribution in [0.2, 0.25) is 0 Å². The van der Waals surface area contributed by atoms with Gasteiger partial charge >= 0.3 is 0 Å². The van der Waals surface area contributed by atoms with Crippen LogP contribution in [0.1, 0.15) is 27.8 Å². The standard InChI is InChI=1S/C20H18N4O2/c1-14(25)15-7-6-8-16(11-15)23-19-13-21-18(12-22-19)20(26)24(2)17-9-4-3-5-10-17/h3-13H,1-2H3,(H,22,23). The van der Waals surface area contributed by atoms with E-state index in [9.17, 15) is 9.59 Å². The van der Waals surface area contributed by atoms with E-state index in [1.807, 2.05) is 36.4 Å². The van der Waals surface area contributed by atoms with E-state index in [-0.39, 0.29) is 17.4 Å². The van der Waals surface area contributed by atoms with Gasteiger partial charge in [0.25, 0.3) is 5.91 Å². The van der Waals surface area contributed by atoms with E-state index in [1.54, 1.807) is 25.2 Å². The highest BCUT2D eigenvalue weighted by atomic mass is 16.2. The summed E-state index contributed by atoms with van der Waals surface area (Å²) in [5.74, 6) is 0.239. The fourth-order valence-corrected chi connectivity index (χ4v) is 2.41. The normalized spacial score (nSPS) is 10.2. The van der Waals surface area contributed by atoms with Crippen molar-refractivity contribution in [2.24, 2.45) is 0 Å². The van der Waals surface area contributed by atoms with Crippen molar-refractivity contribution in [2.75, 3.05) is 17.3 Å². The van der Waals surface area contributed by atoms with Gasteiger partial charge in [-0.1, -0.05) is 30.3 Å². The van der Waals surface area contributed by atoms with Crippen LogP contribution >= 0.6 is 0 Å². The Morgan fingerprint density at radius 1 is 0.962 bits per heavy atom. The first-order valence-corrected chi connectivity index (χ1v) is 8.08. The van der Waals surface area contributed by atoms with Crippen molar-refractivity contribution < 1.29 is 9.59 Å². The summed E-state index contributed by atoms with van der Waals surface area (Å²) in [5.41, 5.74) is 2.37. The molecule has 0 aliphatic carbocycles. The van der Waals surface area contributed by atoms with Crippen LogP contribution in [0.3, 0.4) is 0 Å². The molecule has 0 fully saturated rings. The first-order valence-electron chi connectivity index (χ1n) is 8.08. The van der Waals surface area contributed by atoms with Gasteiger partial charge in [-0.25, -0.2) is 9.97 Å². The third-order valence-electron chi connectivity index (χ3n) is 3.86. The van der Waals surface area contributed by atoms with E-state index in [0.29, 0.717) is 11.4 Å². The molecule has 0 bridgehead atoms. The molecule has 1 amide bonds. The Hall–Kier alpha value is -3.54. The first kappa shape index (κ1) is 17.3. The number of para-hydroxylation sites is 1. The zero-order valence-electron chi connectivity index (χ0n) is 14.5. The van der Waals surface area contributed by atoms with E-state index < -0.39 is 0 Å². The molecule has 3 aromatic rings. The summed E-state index contributed by atoms with van der Waals surface area (Å²) >= 11 is 0. The van der Waals surface area contributed by atoms with Gasteiger partial charge in [-0.2, -0.15) is 0 Å². The van der Waals surface area contributed by atoms with E-state index in [2.05, 4.69) is 15.3 Å². The largest absolute Gasteiger partial charge is 0.339 e. The summed E-state index contributed by atoms with van der Waals surface area (Å²) in [6, 6.07) is 16.4. The minimum absolute atomic E-state index is 0.00960. The lowest BCUT2D eigenvalue weighted by Crippen LogP contribution is -2.27. The quantitative estimate of drug-likeness (QED) is 0.713. The molecule has 6 nitrogen and oxygen atoms in total. The number of aromatic nitrogens is 2. The summed E-state index contributed by atoms with van der Waals surface area (Å²) in [6.45, 7) is 1.52. The van der Waals surface area contributed by atoms with Gasteiger partial charge in [-0.05, 0) is 31.2 Å². The molecule has 6 heteroatoms. The Kier molecular flexibility index (Phi) is 5.03. The maximum atomic E-state index is 12.5. The van der Waals surface area contributed by atoms with Crippen molar-refractivity contribution in [1.82, 2.24) is 9.97 Å². The van der Waals surface area contributed by atoms with E-state index in [0.717, 1.165) is 11.4 Å². The maximum Gasteiger partial charge on any atom is 0.278 e. The third kappa shape index (κ3) is 3.92. The van der Waals surface area contributed by atoms with Crippen molar-refractivity contribution in [3.63, 3.8) is 0 Å². The van der Waals surface area contributed by atoms with Gasteiger partial charge in [0.05, 0.1) is 12.4 Å². The van der Waals surface area contributed by atoms with Gasteiger partial charge in [0.15, 0.2) is 5.78 Å². The summed E-state index contributed by atoms with van der Waals surface area (Å²) < 4.78 is 0. The Labute approximate surface area is 151 Å². The summed E-state index contributed by atoms with van der Waals surface area (Å²) in [6.07, 6.45) is 2.92. The molecule has 0 unspecified atom stereocenters. The Balaban J connectivity index is 1.73. The second-order valence-corrected chi connectivity index (χ2v) is 5.75. The third-order valence-corrected chi connectivity index (χ3v) is 3.86. The van der Waals surface area contributed by atoms with Crippen molar-refractivity contribution in [3.05, 3.63) is 78.2 Å². The molecule has 1 N–H and O–H groups in total. The maximum absolute atomic E-state index is 12.5. The number of rotatable bonds is 5. The number of hydrogen-bond donors (Lipinski definition) is 1. The van der Waals surface area contributed by atoms with Crippen LogP contribution in [0, 0.1) is 0 Å². The second kappa shape index (κ2) is 7.57. The van der Waals surface area contributed by atoms with Crippen molar-refractivity contribution >= 4 is 28.9 Å². The molecule has 3 rings (SSSR count). The van der Waals surface area contributed by atoms with Gasteiger partial charge < -0.3 is 10.2 Å². The second-order valence-electron chi connectivity index (χ2n) is 5.75. The lowest BCUT2D eigenvalue weighted by molar-refractivity contribution is 0.0985. The highest BCUT2D eigenvalue weighted by molar-refractivity contribution is 6.04. The van der Waals surface area contributed by atoms with Gasteiger partial charge in [-0.3, -0.25) is 9.59 Å². The van der Waals surface area contributed by atoms with Crippen LogP contribution in [0.5, 0.6) is 0 Å². The van der Waals surface area contributed by atoms with Gasteiger partial charge in [-0.15, -0.1) is 0 Å². The fraction of sp³-hybridized carbons (Fsp3) is 0.100. The highest BCUT2D eigenvalue weighted by Crippen LogP contribution is 2.17. The van der Waals surface area contributed by atoms with Crippen LogP contribution in [0.4, 0.5) is 17.2 Å². The molecule has 0 aliphatic rings. The average Bonchev–Trinajstić information content (AvgIpc) is 2.68. The predicted octanol–water partition coefficient (Wildman–Crippen LogP) is 3.70. The number of hydrogen-bond acceptors (Lipinski definition) is 5. The Morgan fingerprint density at radius 3 is 2.38 bits per heavy atom. The van der Waals surface area contributed by atoms with Crippen LogP contribution in [-0.4, -0.2) is 28.7 Å². The van der Waals surface area contributed by atoms with Gasteiger partial charge in [0.1, 0.15) is 11.5 Å². The molecule has 0 aliphatic heterocycles. The molecular formula is C20H18N4O2. The monoisotopic (exact) mass is 346 g/mol. The SMILES string of the molecule is CC(=O)c1cccc(Nc2cnc(C(=O)N(C)c3ccccc3)cn2)c1. The van der Waals surface area contributed by atoms with Crippen molar-refractivity contribution in [1.29, 1.82) is 0 Å². The highest BCUT2D eigenvalue weighted by Gasteiger charge is 2.15. The number of benzene rings is 2. The molecule has 0 saturated carbocycles. The lowest BCUT2D eigenvalue weighted by Gasteiger charge is -2.16. The number of Topliss-reactive ketones (excluding diaryl/α,β-unsaturated/α-hetero) is 1. The first-order chi connectivity index (χ1) is 12.5. The molecule has 0 spiro atoms. The zero-order chi connectivity index (χ0) is 18.5. The van der Waals surface area contributed by atoms with Gasteiger partial charge in [0.2, 0.25) is 0 Å². The summed E-state index contributed by atoms with van der Waals surface area (Å²) in [4.78, 5) is 33.9. The molecule has 0 radical (unpaired) electrons. The minimum atomic E-state index is -0.242. The number of nitrogens with one attached hydrogen (secondary N) is 1. The summed E-state index contributed by atoms with van der Waals surface area (Å²) in [5, 5.41) is 3.08. The van der Waals surface area contributed by atoms with Gasteiger partial charge in [0, 0.05) is 24.0 Å². The number of amides is 1. The van der Waals surface area contributed by atoms with E-state index in [4.69, 9.17) is 0 Å². The van der Waals surface area contributed by atoms with Crippen LogP contribution < -0.4 is 10.2 Å². The molecule has 26 heavy (non-hydrogen) atoms. The summed E-state index contributed by atoms with van der Waals surface area (Å²) in [7, 11) is 1.69. The molecule has 0 atom stereocenters. The molecule has 1 heterocycles. The number of carbonyl (C=O) groups excluding carboxylic acids is 2. The van der Waals surface area contributed by atoms with Crippen molar-refractivity contribution in [3.8, 4) is 0 Å². The lowest BCUT2D eigenvalue weighted by atomic mass is 10.1. The smallest absolute Gasteiger partial charge is 0.278 e. The zero-order valence-corrected chi connectivity index (χ0v) is 14.5. The number of anilines is 3. The van der Waals surface area contributed by atoms with Crippen LogP contribution in [0.15, 0.2) is 67.0 Å². The Bertz CT molecular complexity index is 924. The van der Waals surface area contributed by atoms with Crippen LogP contribution in [-0.2, 0) is 0 Å². The molecule has 1 aromatic heterocycles. The molecule has 2 aromatic carbocycles. The Morgan fingerprint density at radius 2 is 1.73 bits per heavy atom. The van der Waals surface area contributed by atoms with E-state index in [1.165, 1.54) is 24.2 Å². The topological polar surface area (TPSA) is 75.2 Å². The number of nitrogens with zero attached hydrogens (tertiary/aromatic N) is 3. The average molecular weight is 346 g/mol. The molecule has 130 valence electrons. The van der Waals surface area contributed by atoms with Crippen molar-refractivity contribution in [2.45, 2.75) is 6.92 Å². The fourth-order valence-electron chi connectivity index (χ4n) is 2.41. The van der Waals surface area contributed by atoms with Crippen LogP contribution in [0.25, 0.3) is 0 Å². The minimum Gasteiger partial charge on any atom is -0.339 e. The van der Waals surface area contributed by atoms with E-state index >= 15 is 0 Å². The number of carbonyl (C=O) groups is 2.